The van der Waals surface area contributed by atoms with E-state index < -0.39 is 36.2 Å². The van der Waals surface area contributed by atoms with Crippen LogP contribution < -0.4 is 0 Å². The number of hydrogen-bond acceptors (Lipinski definition) is 3. The van der Waals surface area contributed by atoms with Crippen molar-refractivity contribution in [3.8, 4) is 0 Å². The largest absolute Gasteiger partial charge is 0.444 e. The number of carbonyl (C=O) groups is 1. The number of piperidine rings is 1. The predicted molar refractivity (Wildman–Crippen MR) is 58.0 cm³/mol. The Morgan fingerprint density at radius 1 is 1.41 bits per heavy atom. The normalized spacial score (nSPS) is 29.0. The van der Waals surface area contributed by atoms with Crippen molar-refractivity contribution in [2.45, 2.75) is 51.2 Å². The molecule has 100 valence electrons. The Labute approximate surface area is 99.5 Å². The Bertz CT molecular complexity index is 310. The lowest BCUT2D eigenvalue weighted by molar-refractivity contribution is -0.202. The van der Waals surface area contributed by atoms with Gasteiger partial charge in [0.25, 0.3) is 5.92 Å². The molecule has 1 saturated heterocycles. The smallest absolute Gasteiger partial charge is 0.410 e. The first-order valence-corrected chi connectivity index (χ1v) is 5.53. The number of likely N-dealkylation sites (tertiary alicyclic amines) is 1. The Balaban J connectivity index is 2.69. The van der Waals surface area contributed by atoms with E-state index in [1.54, 1.807) is 20.8 Å². The molecular weight excluding hydrogens is 232 g/mol. The summed E-state index contributed by atoms with van der Waals surface area (Å²) in [4.78, 5) is 12.8. The van der Waals surface area contributed by atoms with Crippen LogP contribution in [0, 0.1) is 0 Å². The summed E-state index contributed by atoms with van der Waals surface area (Å²) < 4.78 is 31.7. The molecule has 6 heteroatoms. The molecule has 1 aliphatic heterocycles. The van der Waals surface area contributed by atoms with Crippen LogP contribution in [0.1, 0.15) is 34.1 Å². The molecule has 0 spiro atoms. The summed E-state index contributed by atoms with van der Waals surface area (Å²) in [7, 11) is 0. The minimum Gasteiger partial charge on any atom is -0.444 e. The van der Waals surface area contributed by atoms with Crippen LogP contribution >= 0.6 is 0 Å². The van der Waals surface area contributed by atoms with Crippen molar-refractivity contribution >= 4 is 6.09 Å². The maximum Gasteiger partial charge on any atom is 0.410 e. The molecule has 0 aromatic carbocycles. The van der Waals surface area contributed by atoms with Gasteiger partial charge in [-0.25, -0.2) is 13.6 Å². The van der Waals surface area contributed by atoms with Crippen molar-refractivity contribution in [2.24, 2.45) is 0 Å². The van der Waals surface area contributed by atoms with Gasteiger partial charge in [-0.05, 0) is 27.7 Å². The van der Waals surface area contributed by atoms with Crippen LogP contribution in [0.3, 0.4) is 0 Å². The Kier molecular flexibility index (Phi) is 3.40. The Hall–Kier alpha value is -0.910. The molecule has 0 bridgehead atoms. The fourth-order valence-corrected chi connectivity index (χ4v) is 1.59. The van der Waals surface area contributed by atoms with Gasteiger partial charge in [0, 0.05) is 13.0 Å². The quantitative estimate of drug-likeness (QED) is 0.716. The van der Waals surface area contributed by atoms with Gasteiger partial charge in [-0.1, -0.05) is 0 Å². The van der Waals surface area contributed by atoms with Crippen LogP contribution in [0.5, 0.6) is 0 Å². The van der Waals surface area contributed by atoms with Crippen molar-refractivity contribution < 1.29 is 23.4 Å². The molecule has 1 fully saturated rings. The number of β-amino-alcohol motifs (C(OH)–C–C–N with tert-alkyl or cyclic N) is 1. The Morgan fingerprint density at radius 2 is 1.94 bits per heavy atom. The first-order chi connectivity index (χ1) is 7.45. The highest BCUT2D eigenvalue weighted by molar-refractivity contribution is 5.68. The molecule has 0 saturated carbocycles. The van der Waals surface area contributed by atoms with Crippen LogP contribution in [-0.2, 0) is 4.74 Å². The zero-order chi connectivity index (χ0) is 13.5. The van der Waals surface area contributed by atoms with Gasteiger partial charge in [0.2, 0.25) is 0 Å². The second kappa shape index (κ2) is 4.08. The van der Waals surface area contributed by atoms with Gasteiger partial charge in [0.1, 0.15) is 11.2 Å². The van der Waals surface area contributed by atoms with Crippen LogP contribution in [0.2, 0.25) is 0 Å². The van der Waals surface area contributed by atoms with Gasteiger partial charge in [0.05, 0.1) is 6.54 Å². The zero-order valence-electron chi connectivity index (χ0n) is 10.6. The van der Waals surface area contributed by atoms with E-state index in [9.17, 15) is 18.7 Å². The zero-order valence-corrected chi connectivity index (χ0v) is 10.6. The number of aliphatic hydroxyl groups is 1. The third-order valence-corrected chi connectivity index (χ3v) is 2.63. The Morgan fingerprint density at radius 3 is 2.35 bits per heavy atom. The van der Waals surface area contributed by atoms with Gasteiger partial charge in [-0.2, -0.15) is 0 Å². The maximum atomic E-state index is 13.3. The van der Waals surface area contributed by atoms with Crippen molar-refractivity contribution in [2.75, 3.05) is 13.1 Å². The van der Waals surface area contributed by atoms with E-state index in [2.05, 4.69) is 0 Å². The molecule has 1 amide bonds. The summed E-state index contributed by atoms with van der Waals surface area (Å²) in [6.45, 7) is 5.58. The molecular formula is C11H19F2NO3. The second-order valence-electron chi connectivity index (χ2n) is 5.63. The molecule has 1 atom stereocenters. The monoisotopic (exact) mass is 251 g/mol. The fourth-order valence-electron chi connectivity index (χ4n) is 1.59. The van der Waals surface area contributed by atoms with Crippen LogP contribution in [0.25, 0.3) is 0 Å². The standard InChI is InChI=1S/C11H19F2NO3/c1-9(2,3)17-8(15)14-6-5-11(12,13)10(4,16)7-14/h16H,5-7H2,1-4H3. The first-order valence-electron chi connectivity index (χ1n) is 5.53. The van der Waals surface area contributed by atoms with E-state index in [-0.39, 0.29) is 6.54 Å². The highest BCUT2D eigenvalue weighted by Crippen LogP contribution is 2.36. The highest BCUT2D eigenvalue weighted by atomic mass is 19.3. The average Bonchev–Trinajstić information content (AvgIpc) is 2.06. The van der Waals surface area contributed by atoms with E-state index in [1.165, 1.54) is 0 Å². The van der Waals surface area contributed by atoms with Crippen molar-refractivity contribution in [1.29, 1.82) is 0 Å². The molecule has 4 nitrogen and oxygen atoms in total. The molecule has 1 aliphatic rings. The van der Waals surface area contributed by atoms with Crippen molar-refractivity contribution in [3.63, 3.8) is 0 Å². The number of hydrogen-bond donors (Lipinski definition) is 1. The van der Waals surface area contributed by atoms with Crippen LogP contribution in [0.4, 0.5) is 13.6 Å². The summed E-state index contributed by atoms with van der Waals surface area (Å²) in [5.41, 5.74) is -2.88. The summed E-state index contributed by atoms with van der Waals surface area (Å²) >= 11 is 0. The minimum atomic E-state index is -3.18. The molecule has 0 aromatic heterocycles. The molecule has 0 aromatic rings. The van der Waals surface area contributed by atoms with E-state index in [0.717, 1.165) is 11.8 Å². The summed E-state index contributed by atoms with van der Waals surface area (Å²) in [5.74, 6) is -3.18. The minimum absolute atomic E-state index is 0.113. The van der Waals surface area contributed by atoms with E-state index in [1.807, 2.05) is 0 Å². The number of carbonyl (C=O) groups excluding carboxylic acids is 1. The third kappa shape index (κ3) is 3.28. The van der Waals surface area contributed by atoms with Gasteiger partial charge >= 0.3 is 6.09 Å². The lowest BCUT2D eigenvalue weighted by Crippen LogP contribution is -2.60. The topological polar surface area (TPSA) is 49.8 Å². The van der Waals surface area contributed by atoms with Gasteiger partial charge in [-0.3, -0.25) is 0 Å². The molecule has 0 radical (unpaired) electrons. The third-order valence-electron chi connectivity index (χ3n) is 2.63. The lowest BCUT2D eigenvalue weighted by Gasteiger charge is -2.42. The number of nitrogens with zero attached hydrogens (tertiary/aromatic N) is 1. The summed E-state index contributed by atoms with van der Waals surface area (Å²) in [6, 6.07) is 0. The molecule has 1 unspecified atom stereocenters. The number of ether oxygens (including phenoxy) is 1. The number of alkyl halides is 2. The second-order valence-corrected chi connectivity index (χ2v) is 5.63. The average molecular weight is 251 g/mol. The number of amides is 1. The van der Waals surface area contributed by atoms with Crippen molar-refractivity contribution in [1.82, 2.24) is 4.90 Å². The summed E-state index contributed by atoms with van der Waals surface area (Å²) in [5, 5.41) is 9.62. The van der Waals surface area contributed by atoms with E-state index in [4.69, 9.17) is 4.74 Å². The predicted octanol–water partition coefficient (Wildman–Crippen LogP) is 2.01. The van der Waals surface area contributed by atoms with E-state index >= 15 is 0 Å². The van der Waals surface area contributed by atoms with Crippen LogP contribution in [-0.4, -0.2) is 46.3 Å². The molecule has 1 N–H and O–H groups in total. The number of rotatable bonds is 0. The van der Waals surface area contributed by atoms with E-state index in [0.29, 0.717) is 0 Å². The van der Waals surface area contributed by atoms with Crippen LogP contribution in [0.15, 0.2) is 0 Å². The van der Waals surface area contributed by atoms with Gasteiger partial charge in [0.15, 0.2) is 0 Å². The van der Waals surface area contributed by atoms with Gasteiger partial charge in [-0.15, -0.1) is 0 Å². The summed E-state index contributed by atoms with van der Waals surface area (Å²) in [6.07, 6.45) is -1.23. The SMILES string of the molecule is CC(C)(C)OC(=O)N1CCC(F)(F)C(C)(O)C1. The molecule has 1 rings (SSSR count). The first kappa shape index (κ1) is 14.2. The molecule has 17 heavy (non-hydrogen) atoms. The number of halogens is 2. The molecule has 1 heterocycles. The molecule has 0 aliphatic carbocycles. The van der Waals surface area contributed by atoms with Gasteiger partial charge < -0.3 is 14.7 Å². The van der Waals surface area contributed by atoms with Crippen molar-refractivity contribution in [3.05, 3.63) is 0 Å². The lowest BCUT2D eigenvalue weighted by atomic mass is 9.91. The fraction of sp³-hybridized carbons (Fsp3) is 0.909. The highest BCUT2D eigenvalue weighted by Gasteiger charge is 2.53. The maximum absolute atomic E-state index is 13.3.